The van der Waals surface area contributed by atoms with Gasteiger partial charge in [-0.1, -0.05) is 18.2 Å². The van der Waals surface area contributed by atoms with Crippen LogP contribution in [0.1, 0.15) is 16.2 Å². The van der Waals surface area contributed by atoms with E-state index < -0.39 is 0 Å². The van der Waals surface area contributed by atoms with E-state index in [2.05, 4.69) is 33.5 Å². The highest BCUT2D eigenvalue weighted by molar-refractivity contribution is 7.13. The molecule has 3 aromatic rings. The summed E-state index contributed by atoms with van der Waals surface area (Å²) in [6.45, 7) is 3.64. The van der Waals surface area contributed by atoms with Crippen LogP contribution in [-0.4, -0.2) is 65.4 Å². The van der Waals surface area contributed by atoms with Crippen LogP contribution in [0.15, 0.2) is 53.4 Å². The van der Waals surface area contributed by atoms with Crippen LogP contribution in [0.2, 0.25) is 0 Å². The zero-order chi connectivity index (χ0) is 20.5. The van der Waals surface area contributed by atoms with Crippen molar-refractivity contribution < 1.29 is 9.59 Å². The molecule has 2 fully saturated rings. The van der Waals surface area contributed by atoms with Crippen molar-refractivity contribution in [3.8, 4) is 10.4 Å². The van der Waals surface area contributed by atoms with E-state index in [4.69, 9.17) is 0 Å². The Morgan fingerprint density at radius 1 is 1.03 bits per heavy atom. The number of anilines is 1. The minimum Gasteiger partial charge on any atom is -0.334 e. The predicted molar refractivity (Wildman–Crippen MR) is 120 cm³/mol. The first kappa shape index (κ1) is 19.4. The number of piperazine rings is 1. The maximum absolute atomic E-state index is 12.8. The summed E-state index contributed by atoms with van der Waals surface area (Å²) in [7, 11) is 0. The Morgan fingerprint density at radius 2 is 1.90 bits per heavy atom. The second-order valence-electron chi connectivity index (χ2n) is 7.56. The smallest absolute Gasteiger partial charge is 0.282 e. The second kappa shape index (κ2) is 8.29. The fourth-order valence-electron chi connectivity index (χ4n) is 4.21. The van der Waals surface area contributed by atoms with Gasteiger partial charge in [-0.2, -0.15) is 0 Å². The van der Waals surface area contributed by atoms with E-state index >= 15 is 0 Å². The summed E-state index contributed by atoms with van der Waals surface area (Å²) >= 11 is 3.09. The molecular formula is C22H22N4O2S2. The fraction of sp³-hybridized carbons (Fsp3) is 0.318. The van der Waals surface area contributed by atoms with Gasteiger partial charge in [0.2, 0.25) is 5.91 Å². The number of hydrogen-bond donors (Lipinski definition) is 0. The molecule has 0 radical (unpaired) electrons. The number of rotatable bonds is 4. The zero-order valence-corrected chi connectivity index (χ0v) is 18.1. The van der Waals surface area contributed by atoms with Crippen LogP contribution in [-0.2, 0) is 4.79 Å². The Labute approximate surface area is 183 Å². The summed E-state index contributed by atoms with van der Waals surface area (Å²) in [5, 5.41) is 4.45. The molecule has 4 heterocycles. The van der Waals surface area contributed by atoms with Gasteiger partial charge in [0.05, 0.1) is 0 Å². The Hall–Kier alpha value is -2.55. The first-order valence-electron chi connectivity index (χ1n) is 10.1. The lowest BCUT2D eigenvalue weighted by atomic mass is 10.1. The third kappa shape index (κ3) is 3.78. The normalized spacial score (nSPS) is 20.1. The molecule has 6 nitrogen and oxygen atoms in total. The van der Waals surface area contributed by atoms with Crippen LogP contribution in [0, 0.1) is 0 Å². The van der Waals surface area contributed by atoms with Crippen LogP contribution in [0.5, 0.6) is 0 Å². The summed E-state index contributed by atoms with van der Waals surface area (Å²) < 4.78 is 0. The molecule has 2 amide bonds. The van der Waals surface area contributed by atoms with Gasteiger partial charge in [0.15, 0.2) is 5.01 Å². The molecule has 0 bridgehead atoms. The number of thiophene rings is 1. The predicted octanol–water partition coefficient (Wildman–Crippen LogP) is 3.43. The van der Waals surface area contributed by atoms with E-state index in [-0.39, 0.29) is 17.9 Å². The average Bonchev–Trinajstić information content (AvgIpc) is 3.55. The molecule has 2 saturated heterocycles. The third-order valence-electron chi connectivity index (χ3n) is 5.80. The molecule has 30 heavy (non-hydrogen) atoms. The molecule has 0 aliphatic carbocycles. The van der Waals surface area contributed by atoms with E-state index in [1.165, 1.54) is 16.2 Å². The topological polar surface area (TPSA) is 56.8 Å². The molecule has 154 valence electrons. The van der Waals surface area contributed by atoms with Crippen molar-refractivity contribution in [2.24, 2.45) is 0 Å². The molecule has 1 atom stereocenters. The number of benzene rings is 1. The summed E-state index contributed by atoms with van der Waals surface area (Å²) in [4.78, 5) is 36.8. The molecule has 2 aromatic heterocycles. The Kier molecular flexibility index (Phi) is 5.37. The molecule has 5 rings (SSSR count). The monoisotopic (exact) mass is 438 g/mol. The second-order valence-corrected chi connectivity index (χ2v) is 9.40. The van der Waals surface area contributed by atoms with Crippen molar-refractivity contribution in [1.29, 1.82) is 0 Å². The minimum absolute atomic E-state index is 0.0131. The standard InChI is InChI=1S/C22H22N4O2S2/c27-20-14-18(24-7-9-25(10-8-24)22(28)21-23-6-12-30-21)15-26(20)17-4-1-3-16(13-17)19-5-2-11-29-19/h1-6,11-13,18H,7-10,14-15H2. The molecular weight excluding hydrogens is 416 g/mol. The lowest BCUT2D eigenvalue weighted by molar-refractivity contribution is -0.117. The highest BCUT2D eigenvalue weighted by atomic mass is 32.1. The van der Waals surface area contributed by atoms with E-state index in [1.807, 2.05) is 33.4 Å². The molecule has 1 unspecified atom stereocenters. The highest BCUT2D eigenvalue weighted by Crippen LogP contribution is 2.31. The van der Waals surface area contributed by atoms with Crippen LogP contribution >= 0.6 is 22.7 Å². The van der Waals surface area contributed by atoms with Crippen LogP contribution in [0.3, 0.4) is 0 Å². The quantitative estimate of drug-likeness (QED) is 0.626. The van der Waals surface area contributed by atoms with Gasteiger partial charge in [-0.15, -0.1) is 22.7 Å². The van der Waals surface area contributed by atoms with E-state index in [0.717, 1.165) is 24.3 Å². The molecule has 2 aliphatic rings. The van der Waals surface area contributed by atoms with Crippen LogP contribution in [0.4, 0.5) is 5.69 Å². The lowest BCUT2D eigenvalue weighted by Gasteiger charge is -2.37. The minimum atomic E-state index is 0.0131. The number of carbonyl (C=O) groups is 2. The van der Waals surface area contributed by atoms with E-state index in [9.17, 15) is 9.59 Å². The van der Waals surface area contributed by atoms with Gasteiger partial charge in [0.25, 0.3) is 5.91 Å². The fourth-order valence-corrected chi connectivity index (χ4v) is 5.53. The van der Waals surface area contributed by atoms with Gasteiger partial charge < -0.3 is 9.80 Å². The molecule has 0 saturated carbocycles. The summed E-state index contributed by atoms with van der Waals surface area (Å²) in [6.07, 6.45) is 2.20. The number of carbonyl (C=O) groups excluding carboxylic acids is 2. The SMILES string of the molecule is O=C(c1nccs1)N1CCN(C2CC(=O)N(c3cccc(-c4cccs4)c3)C2)CC1. The van der Waals surface area contributed by atoms with Gasteiger partial charge in [-0.05, 0) is 29.1 Å². The summed E-state index contributed by atoms with van der Waals surface area (Å²) in [6, 6.07) is 12.6. The van der Waals surface area contributed by atoms with Gasteiger partial charge >= 0.3 is 0 Å². The third-order valence-corrected chi connectivity index (χ3v) is 7.48. The van der Waals surface area contributed by atoms with Gasteiger partial charge in [-0.25, -0.2) is 4.98 Å². The Bertz CT molecular complexity index is 1030. The molecule has 1 aromatic carbocycles. The van der Waals surface area contributed by atoms with E-state index in [1.54, 1.807) is 17.5 Å². The maximum Gasteiger partial charge on any atom is 0.282 e. The number of nitrogens with zero attached hydrogens (tertiary/aromatic N) is 4. The van der Waals surface area contributed by atoms with Crippen molar-refractivity contribution in [1.82, 2.24) is 14.8 Å². The van der Waals surface area contributed by atoms with Crippen molar-refractivity contribution in [2.75, 3.05) is 37.6 Å². The molecule has 2 aliphatic heterocycles. The van der Waals surface area contributed by atoms with Gasteiger partial charge in [0, 0.05) is 67.3 Å². The molecule has 8 heteroatoms. The van der Waals surface area contributed by atoms with Crippen LogP contribution < -0.4 is 4.90 Å². The van der Waals surface area contributed by atoms with Crippen LogP contribution in [0.25, 0.3) is 10.4 Å². The summed E-state index contributed by atoms with van der Waals surface area (Å²) in [5.74, 6) is 0.184. The van der Waals surface area contributed by atoms with E-state index in [0.29, 0.717) is 31.1 Å². The first-order chi connectivity index (χ1) is 14.7. The number of thiazole rings is 1. The average molecular weight is 439 g/mol. The first-order valence-corrected chi connectivity index (χ1v) is 11.8. The Balaban J connectivity index is 1.23. The summed E-state index contributed by atoms with van der Waals surface area (Å²) in [5.41, 5.74) is 2.11. The van der Waals surface area contributed by atoms with Crippen molar-refractivity contribution in [2.45, 2.75) is 12.5 Å². The number of hydrogen-bond acceptors (Lipinski definition) is 6. The number of amides is 2. The van der Waals surface area contributed by atoms with Crippen molar-refractivity contribution in [3.05, 3.63) is 58.4 Å². The zero-order valence-electron chi connectivity index (χ0n) is 16.4. The molecule has 0 spiro atoms. The lowest BCUT2D eigenvalue weighted by Crippen LogP contribution is -2.52. The highest BCUT2D eigenvalue weighted by Gasteiger charge is 2.36. The number of aromatic nitrogens is 1. The van der Waals surface area contributed by atoms with Gasteiger partial charge in [0.1, 0.15) is 0 Å². The Morgan fingerprint density at radius 3 is 2.63 bits per heavy atom. The maximum atomic E-state index is 12.8. The molecule has 0 N–H and O–H groups in total. The van der Waals surface area contributed by atoms with Crippen molar-refractivity contribution in [3.63, 3.8) is 0 Å². The van der Waals surface area contributed by atoms with Gasteiger partial charge in [-0.3, -0.25) is 14.5 Å². The van der Waals surface area contributed by atoms with Crippen molar-refractivity contribution >= 4 is 40.2 Å². The largest absolute Gasteiger partial charge is 0.334 e.